The summed E-state index contributed by atoms with van der Waals surface area (Å²) in [6.07, 6.45) is 5.20. The van der Waals surface area contributed by atoms with Gasteiger partial charge in [0.1, 0.15) is 12.1 Å². The summed E-state index contributed by atoms with van der Waals surface area (Å²) in [5, 5.41) is 8.25. The van der Waals surface area contributed by atoms with Crippen LogP contribution < -0.4 is 4.90 Å². The quantitative estimate of drug-likeness (QED) is 0.681. The SMILES string of the molecule is CC(C)c1noc(CN2CCN(c3cc(-n4cccn4)ncn3)CC2)n1. The molecule has 4 rings (SSSR count). The molecule has 0 aromatic carbocycles. The molecule has 1 aliphatic heterocycles. The Labute approximate surface area is 151 Å². The number of anilines is 1. The van der Waals surface area contributed by atoms with Crippen molar-refractivity contribution in [3.63, 3.8) is 0 Å². The van der Waals surface area contributed by atoms with E-state index in [4.69, 9.17) is 4.52 Å². The molecule has 0 bridgehead atoms. The van der Waals surface area contributed by atoms with E-state index < -0.39 is 0 Å². The molecule has 0 atom stereocenters. The van der Waals surface area contributed by atoms with Crippen LogP contribution in [0.25, 0.3) is 5.82 Å². The van der Waals surface area contributed by atoms with Crippen molar-refractivity contribution in [3.05, 3.63) is 42.6 Å². The first-order valence-corrected chi connectivity index (χ1v) is 8.81. The normalized spacial score (nSPS) is 15.7. The molecule has 136 valence electrons. The third kappa shape index (κ3) is 3.57. The van der Waals surface area contributed by atoms with E-state index >= 15 is 0 Å². The van der Waals surface area contributed by atoms with E-state index in [2.05, 4.69) is 48.9 Å². The van der Waals surface area contributed by atoms with Gasteiger partial charge in [-0.2, -0.15) is 10.1 Å². The minimum absolute atomic E-state index is 0.283. The second kappa shape index (κ2) is 7.20. The van der Waals surface area contributed by atoms with E-state index in [1.807, 2.05) is 18.3 Å². The zero-order chi connectivity index (χ0) is 17.9. The maximum Gasteiger partial charge on any atom is 0.240 e. The Kier molecular flexibility index (Phi) is 4.61. The van der Waals surface area contributed by atoms with Gasteiger partial charge in [0.25, 0.3) is 0 Å². The molecule has 1 aliphatic rings. The third-order valence-electron chi connectivity index (χ3n) is 4.43. The number of hydrogen-bond donors (Lipinski definition) is 0. The number of nitrogens with zero attached hydrogens (tertiary/aromatic N) is 8. The number of piperazine rings is 1. The molecule has 26 heavy (non-hydrogen) atoms. The Morgan fingerprint density at radius 2 is 1.92 bits per heavy atom. The van der Waals surface area contributed by atoms with E-state index in [0.717, 1.165) is 43.6 Å². The summed E-state index contributed by atoms with van der Waals surface area (Å²) >= 11 is 0. The topological polar surface area (TPSA) is 89.0 Å². The van der Waals surface area contributed by atoms with Gasteiger partial charge in [-0.3, -0.25) is 4.90 Å². The minimum atomic E-state index is 0.283. The maximum absolute atomic E-state index is 5.35. The number of aromatic nitrogens is 6. The average Bonchev–Trinajstić information content (AvgIpc) is 3.35. The Morgan fingerprint density at radius 3 is 2.62 bits per heavy atom. The molecule has 9 nitrogen and oxygen atoms in total. The highest BCUT2D eigenvalue weighted by atomic mass is 16.5. The summed E-state index contributed by atoms with van der Waals surface area (Å²) in [6.45, 7) is 8.43. The molecule has 3 aromatic heterocycles. The van der Waals surface area contributed by atoms with Crippen LogP contribution in [0.1, 0.15) is 31.5 Å². The summed E-state index contributed by atoms with van der Waals surface area (Å²) in [5.41, 5.74) is 0. The lowest BCUT2D eigenvalue weighted by molar-refractivity contribution is 0.215. The van der Waals surface area contributed by atoms with Crippen molar-refractivity contribution in [2.24, 2.45) is 0 Å². The monoisotopic (exact) mass is 354 g/mol. The smallest absolute Gasteiger partial charge is 0.240 e. The highest BCUT2D eigenvalue weighted by molar-refractivity contribution is 5.43. The molecule has 1 fully saturated rings. The molecule has 3 aromatic rings. The van der Waals surface area contributed by atoms with Crippen molar-refractivity contribution < 1.29 is 4.52 Å². The van der Waals surface area contributed by atoms with Gasteiger partial charge in [-0.05, 0) is 6.07 Å². The van der Waals surface area contributed by atoms with Crippen molar-refractivity contribution in [2.45, 2.75) is 26.3 Å². The average molecular weight is 354 g/mol. The van der Waals surface area contributed by atoms with E-state index in [0.29, 0.717) is 12.4 Å². The molecule has 4 heterocycles. The van der Waals surface area contributed by atoms with Crippen LogP contribution >= 0.6 is 0 Å². The molecular weight excluding hydrogens is 332 g/mol. The maximum atomic E-state index is 5.35. The number of rotatable bonds is 5. The van der Waals surface area contributed by atoms with E-state index in [1.54, 1.807) is 17.2 Å². The minimum Gasteiger partial charge on any atom is -0.354 e. The fourth-order valence-electron chi connectivity index (χ4n) is 2.93. The third-order valence-corrected chi connectivity index (χ3v) is 4.43. The van der Waals surface area contributed by atoms with Crippen LogP contribution in [0.15, 0.2) is 35.4 Å². The van der Waals surface area contributed by atoms with Crippen LogP contribution in [-0.2, 0) is 6.54 Å². The fourth-order valence-corrected chi connectivity index (χ4v) is 2.93. The lowest BCUT2D eigenvalue weighted by atomic mass is 10.2. The van der Waals surface area contributed by atoms with Gasteiger partial charge in [0.15, 0.2) is 11.6 Å². The lowest BCUT2D eigenvalue weighted by Gasteiger charge is -2.34. The first-order chi connectivity index (χ1) is 12.7. The van der Waals surface area contributed by atoms with Crippen LogP contribution in [0, 0.1) is 0 Å². The van der Waals surface area contributed by atoms with Gasteiger partial charge in [-0.15, -0.1) is 0 Å². The van der Waals surface area contributed by atoms with Gasteiger partial charge >= 0.3 is 0 Å². The Morgan fingerprint density at radius 1 is 1.12 bits per heavy atom. The lowest BCUT2D eigenvalue weighted by Crippen LogP contribution is -2.46. The fraction of sp³-hybridized carbons (Fsp3) is 0.471. The zero-order valence-corrected chi connectivity index (χ0v) is 15.0. The first kappa shape index (κ1) is 16.6. The molecule has 0 aliphatic carbocycles. The molecule has 0 saturated carbocycles. The zero-order valence-electron chi connectivity index (χ0n) is 15.0. The second-order valence-corrected chi connectivity index (χ2v) is 6.65. The summed E-state index contributed by atoms with van der Waals surface area (Å²) < 4.78 is 7.09. The van der Waals surface area contributed by atoms with Crippen LogP contribution in [0.2, 0.25) is 0 Å². The highest BCUT2D eigenvalue weighted by Gasteiger charge is 2.21. The molecule has 0 spiro atoms. The van der Waals surface area contributed by atoms with Crippen LogP contribution in [0.5, 0.6) is 0 Å². The van der Waals surface area contributed by atoms with Gasteiger partial charge in [0, 0.05) is 50.6 Å². The Balaban J connectivity index is 1.37. The van der Waals surface area contributed by atoms with Crippen molar-refractivity contribution in [3.8, 4) is 5.82 Å². The molecule has 0 radical (unpaired) electrons. The standard InChI is InChI=1S/C17H22N8O/c1-13(2)17-21-16(26-22-17)11-23-6-8-24(9-7-23)14-10-15(19-12-18-14)25-5-3-4-20-25/h3-5,10,12-13H,6-9,11H2,1-2H3. The molecule has 1 saturated heterocycles. The molecular formula is C17H22N8O. The van der Waals surface area contributed by atoms with Crippen molar-refractivity contribution in [1.29, 1.82) is 0 Å². The number of hydrogen-bond acceptors (Lipinski definition) is 8. The van der Waals surface area contributed by atoms with E-state index in [1.165, 1.54) is 0 Å². The summed E-state index contributed by atoms with van der Waals surface area (Å²) in [5.74, 6) is 3.43. The highest BCUT2D eigenvalue weighted by Crippen LogP contribution is 2.17. The van der Waals surface area contributed by atoms with Gasteiger partial charge in [-0.1, -0.05) is 19.0 Å². The summed E-state index contributed by atoms with van der Waals surface area (Å²) in [6, 6.07) is 3.85. The van der Waals surface area contributed by atoms with Crippen LogP contribution in [0.3, 0.4) is 0 Å². The largest absolute Gasteiger partial charge is 0.354 e. The van der Waals surface area contributed by atoms with Gasteiger partial charge in [-0.25, -0.2) is 14.6 Å². The van der Waals surface area contributed by atoms with Crippen molar-refractivity contribution in [2.75, 3.05) is 31.1 Å². The second-order valence-electron chi connectivity index (χ2n) is 6.65. The summed E-state index contributed by atoms with van der Waals surface area (Å²) in [4.78, 5) is 17.8. The Bertz CT molecular complexity index is 836. The van der Waals surface area contributed by atoms with Crippen molar-refractivity contribution in [1.82, 2.24) is 34.8 Å². The molecule has 0 amide bonds. The van der Waals surface area contributed by atoms with Gasteiger partial charge < -0.3 is 9.42 Å². The predicted molar refractivity (Wildman–Crippen MR) is 95.0 cm³/mol. The van der Waals surface area contributed by atoms with Gasteiger partial charge in [0.2, 0.25) is 5.89 Å². The first-order valence-electron chi connectivity index (χ1n) is 8.81. The summed E-state index contributed by atoms with van der Waals surface area (Å²) in [7, 11) is 0. The van der Waals surface area contributed by atoms with Crippen molar-refractivity contribution >= 4 is 5.82 Å². The van der Waals surface area contributed by atoms with Crippen LogP contribution in [-0.4, -0.2) is 61.0 Å². The van der Waals surface area contributed by atoms with E-state index in [9.17, 15) is 0 Å². The molecule has 0 unspecified atom stereocenters. The Hall–Kier alpha value is -2.81. The van der Waals surface area contributed by atoms with Gasteiger partial charge in [0.05, 0.1) is 6.54 Å². The predicted octanol–water partition coefficient (Wildman–Crippen LogP) is 1.49. The molecule has 9 heteroatoms. The van der Waals surface area contributed by atoms with Crippen LogP contribution in [0.4, 0.5) is 5.82 Å². The van der Waals surface area contributed by atoms with E-state index in [-0.39, 0.29) is 5.92 Å². The molecule has 0 N–H and O–H groups in total.